The van der Waals surface area contributed by atoms with Crippen LogP contribution in [0.25, 0.3) is 0 Å². The first kappa shape index (κ1) is 12.4. The summed E-state index contributed by atoms with van der Waals surface area (Å²) in [6.07, 6.45) is 0.435. The van der Waals surface area contributed by atoms with E-state index in [1.165, 1.54) is 0 Å². The summed E-state index contributed by atoms with van der Waals surface area (Å²) >= 11 is 0. The highest BCUT2D eigenvalue weighted by Crippen LogP contribution is 2.32. The van der Waals surface area contributed by atoms with Crippen molar-refractivity contribution in [2.24, 2.45) is 0 Å². The Morgan fingerprint density at radius 3 is 3.00 bits per heavy atom. The molecule has 0 aliphatic carbocycles. The molecule has 5 heteroatoms. The number of carbonyl (C=O) groups excluding carboxylic acids is 1. The average molecular weight is 263 g/mol. The number of hydrogen-bond acceptors (Lipinski definition) is 5. The van der Waals surface area contributed by atoms with Crippen LogP contribution in [-0.2, 0) is 4.74 Å². The van der Waals surface area contributed by atoms with E-state index in [1.807, 2.05) is 0 Å². The van der Waals surface area contributed by atoms with Crippen LogP contribution in [-0.4, -0.2) is 37.9 Å². The molecule has 1 N–H and O–H groups in total. The van der Waals surface area contributed by atoms with E-state index in [0.29, 0.717) is 42.7 Å². The van der Waals surface area contributed by atoms with E-state index in [9.17, 15) is 4.79 Å². The van der Waals surface area contributed by atoms with Gasteiger partial charge in [-0.3, -0.25) is 4.79 Å². The number of Topliss-reactive ketones (excluding diaryl/α,β-unsaturated/α-hetero) is 1. The van der Waals surface area contributed by atoms with E-state index in [4.69, 9.17) is 14.2 Å². The number of rotatable bonds is 3. The fourth-order valence-electron chi connectivity index (χ4n) is 2.42. The monoisotopic (exact) mass is 263 g/mol. The first-order valence-electron chi connectivity index (χ1n) is 6.49. The molecule has 19 heavy (non-hydrogen) atoms. The van der Waals surface area contributed by atoms with Gasteiger partial charge in [-0.1, -0.05) is 0 Å². The van der Waals surface area contributed by atoms with E-state index in [1.54, 1.807) is 18.2 Å². The standard InChI is InChI=1S/C14H17NO4/c1-9-6-17-7-11(15-9)5-12(16)10-2-3-13-14(4-10)19-8-18-13/h2-4,9,11,15H,5-8H2,1H3. The van der Waals surface area contributed by atoms with Gasteiger partial charge >= 0.3 is 0 Å². The molecule has 1 saturated heterocycles. The molecular formula is C14H17NO4. The molecule has 2 unspecified atom stereocenters. The second-order valence-electron chi connectivity index (χ2n) is 5.00. The number of benzene rings is 1. The zero-order valence-corrected chi connectivity index (χ0v) is 10.8. The number of morpholine rings is 1. The highest BCUT2D eigenvalue weighted by molar-refractivity contribution is 5.97. The van der Waals surface area contributed by atoms with Gasteiger partial charge in [-0.05, 0) is 25.1 Å². The summed E-state index contributed by atoms with van der Waals surface area (Å²) < 4.78 is 16.0. The summed E-state index contributed by atoms with van der Waals surface area (Å²) in [5, 5.41) is 3.37. The van der Waals surface area contributed by atoms with Gasteiger partial charge in [-0.15, -0.1) is 0 Å². The van der Waals surface area contributed by atoms with Crippen molar-refractivity contribution in [3.05, 3.63) is 23.8 Å². The van der Waals surface area contributed by atoms with Crippen LogP contribution >= 0.6 is 0 Å². The fraction of sp³-hybridized carbons (Fsp3) is 0.500. The third kappa shape index (κ3) is 2.72. The molecule has 0 radical (unpaired) electrons. The molecule has 0 saturated carbocycles. The molecule has 5 nitrogen and oxygen atoms in total. The lowest BCUT2D eigenvalue weighted by atomic mass is 10.0. The summed E-state index contributed by atoms with van der Waals surface area (Å²) in [7, 11) is 0. The summed E-state index contributed by atoms with van der Waals surface area (Å²) in [5.41, 5.74) is 0.657. The molecule has 2 aliphatic heterocycles. The zero-order chi connectivity index (χ0) is 13.2. The lowest BCUT2D eigenvalue weighted by molar-refractivity contribution is 0.0463. The van der Waals surface area contributed by atoms with Crippen LogP contribution in [0.15, 0.2) is 18.2 Å². The van der Waals surface area contributed by atoms with Gasteiger partial charge < -0.3 is 19.5 Å². The maximum absolute atomic E-state index is 12.2. The average Bonchev–Trinajstić information content (AvgIpc) is 2.85. The van der Waals surface area contributed by atoms with Crippen LogP contribution < -0.4 is 14.8 Å². The van der Waals surface area contributed by atoms with E-state index in [0.717, 1.165) is 0 Å². The van der Waals surface area contributed by atoms with Crippen LogP contribution in [0.1, 0.15) is 23.7 Å². The van der Waals surface area contributed by atoms with Crippen molar-refractivity contribution in [2.45, 2.75) is 25.4 Å². The predicted molar refractivity (Wildman–Crippen MR) is 68.7 cm³/mol. The van der Waals surface area contributed by atoms with E-state index in [-0.39, 0.29) is 18.6 Å². The molecule has 2 aliphatic rings. The third-order valence-corrected chi connectivity index (χ3v) is 3.33. The highest BCUT2D eigenvalue weighted by atomic mass is 16.7. The van der Waals surface area contributed by atoms with Crippen LogP contribution in [0, 0.1) is 0 Å². The van der Waals surface area contributed by atoms with Crippen molar-refractivity contribution in [1.29, 1.82) is 0 Å². The largest absolute Gasteiger partial charge is 0.454 e. The van der Waals surface area contributed by atoms with Crippen molar-refractivity contribution >= 4 is 5.78 Å². The Kier molecular flexibility index (Phi) is 3.40. The van der Waals surface area contributed by atoms with E-state index >= 15 is 0 Å². The lowest BCUT2D eigenvalue weighted by Crippen LogP contribution is -2.48. The van der Waals surface area contributed by atoms with Gasteiger partial charge in [-0.25, -0.2) is 0 Å². The van der Waals surface area contributed by atoms with Crippen molar-refractivity contribution < 1.29 is 19.0 Å². The Morgan fingerprint density at radius 2 is 2.16 bits per heavy atom. The topological polar surface area (TPSA) is 56.8 Å². The molecular weight excluding hydrogens is 246 g/mol. The van der Waals surface area contributed by atoms with E-state index in [2.05, 4.69) is 12.2 Å². The summed E-state index contributed by atoms with van der Waals surface area (Å²) in [5.74, 6) is 1.44. The number of ether oxygens (including phenoxy) is 3. The van der Waals surface area contributed by atoms with Gasteiger partial charge in [0.05, 0.1) is 13.2 Å². The van der Waals surface area contributed by atoms with Crippen LogP contribution in [0.4, 0.5) is 0 Å². The lowest BCUT2D eigenvalue weighted by Gasteiger charge is -2.28. The van der Waals surface area contributed by atoms with Gasteiger partial charge in [0.2, 0.25) is 6.79 Å². The Labute approximate surface area is 111 Å². The first-order chi connectivity index (χ1) is 9.22. The van der Waals surface area contributed by atoms with Crippen molar-refractivity contribution in [3.63, 3.8) is 0 Å². The Bertz CT molecular complexity index is 488. The van der Waals surface area contributed by atoms with Gasteiger partial charge in [-0.2, -0.15) is 0 Å². The fourth-order valence-corrected chi connectivity index (χ4v) is 2.42. The summed E-state index contributed by atoms with van der Waals surface area (Å²) in [6, 6.07) is 5.69. The number of nitrogens with one attached hydrogen (secondary N) is 1. The van der Waals surface area contributed by atoms with Gasteiger partial charge in [0.15, 0.2) is 17.3 Å². The SMILES string of the molecule is CC1COCC(CC(=O)c2ccc3c(c2)OCO3)N1. The third-order valence-electron chi connectivity index (χ3n) is 3.33. The second-order valence-corrected chi connectivity index (χ2v) is 5.00. The predicted octanol–water partition coefficient (Wildman–Crippen LogP) is 1.36. The van der Waals surface area contributed by atoms with Crippen LogP contribution in [0.3, 0.4) is 0 Å². The molecule has 2 heterocycles. The molecule has 0 bridgehead atoms. The normalized spacial score (nSPS) is 25.3. The van der Waals surface area contributed by atoms with Crippen LogP contribution in [0.5, 0.6) is 11.5 Å². The minimum atomic E-state index is 0.0849. The van der Waals surface area contributed by atoms with Gasteiger partial charge in [0.1, 0.15) is 0 Å². The zero-order valence-electron chi connectivity index (χ0n) is 10.8. The van der Waals surface area contributed by atoms with Gasteiger partial charge in [0, 0.05) is 24.1 Å². The van der Waals surface area contributed by atoms with Crippen molar-refractivity contribution in [3.8, 4) is 11.5 Å². The summed E-state index contributed by atoms with van der Waals surface area (Å²) in [4.78, 5) is 12.2. The number of hydrogen-bond donors (Lipinski definition) is 1. The molecule has 102 valence electrons. The molecule has 1 fully saturated rings. The minimum absolute atomic E-state index is 0.0849. The quantitative estimate of drug-likeness (QED) is 0.835. The van der Waals surface area contributed by atoms with E-state index < -0.39 is 0 Å². The van der Waals surface area contributed by atoms with Crippen molar-refractivity contribution in [1.82, 2.24) is 5.32 Å². The number of carbonyl (C=O) groups is 1. The van der Waals surface area contributed by atoms with Gasteiger partial charge in [0.25, 0.3) is 0 Å². The number of fused-ring (bicyclic) bond motifs is 1. The first-order valence-corrected chi connectivity index (χ1v) is 6.49. The molecule has 3 rings (SSSR count). The molecule has 0 amide bonds. The molecule has 1 aromatic rings. The molecule has 0 aromatic heterocycles. The van der Waals surface area contributed by atoms with Crippen molar-refractivity contribution in [2.75, 3.05) is 20.0 Å². The van der Waals surface area contributed by atoms with Crippen LogP contribution in [0.2, 0.25) is 0 Å². The highest BCUT2D eigenvalue weighted by Gasteiger charge is 2.23. The molecule has 0 spiro atoms. The maximum Gasteiger partial charge on any atom is 0.231 e. The second kappa shape index (κ2) is 5.19. The molecule has 1 aromatic carbocycles. The smallest absolute Gasteiger partial charge is 0.231 e. The summed E-state index contributed by atoms with van der Waals surface area (Å²) in [6.45, 7) is 3.56. The molecule has 2 atom stereocenters. The number of ketones is 1. The minimum Gasteiger partial charge on any atom is -0.454 e. The Morgan fingerprint density at radius 1 is 1.32 bits per heavy atom. The Hall–Kier alpha value is -1.59. The Balaban J connectivity index is 1.67. The maximum atomic E-state index is 12.2.